The van der Waals surface area contributed by atoms with E-state index in [4.69, 9.17) is 14.7 Å². The van der Waals surface area contributed by atoms with Crippen molar-refractivity contribution in [2.75, 3.05) is 57.3 Å². The second-order valence-electron chi connectivity index (χ2n) is 12.6. The summed E-state index contributed by atoms with van der Waals surface area (Å²) in [4.78, 5) is 47.0. The topological polar surface area (TPSA) is 106 Å². The first kappa shape index (κ1) is 31.0. The van der Waals surface area contributed by atoms with Gasteiger partial charge >= 0.3 is 12.3 Å². The summed E-state index contributed by atoms with van der Waals surface area (Å²) in [5.74, 6) is -2.89. The summed E-state index contributed by atoms with van der Waals surface area (Å²) in [5, 5.41) is 9.15. The van der Waals surface area contributed by atoms with E-state index in [9.17, 15) is 27.6 Å². The SMILES string of the molecule is CC12CN(CCN3CCN(C(=O)OCc4ccccc4)CC3)CC(C)(O1)C1C(=O)N(c3ccc(C#N)c(C(F)(F)F)c3)C(=O)C12. The lowest BCUT2D eigenvalue weighted by molar-refractivity contribution is -0.169. The first-order valence-electron chi connectivity index (χ1n) is 14.9. The molecule has 2 aromatic carbocycles. The Kier molecular flexibility index (Phi) is 7.87. The van der Waals surface area contributed by atoms with E-state index in [1.807, 2.05) is 30.3 Å². The van der Waals surface area contributed by atoms with Crippen molar-refractivity contribution in [2.24, 2.45) is 11.8 Å². The van der Waals surface area contributed by atoms with Crippen molar-refractivity contribution in [1.29, 1.82) is 5.26 Å². The van der Waals surface area contributed by atoms with E-state index in [0.29, 0.717) is 58.4 Å². The Morgan fingerprint density at radius 1 is 0.956 bits per heavy atom. The molecule has 0 radical (unpaired) electrons. The van der Waals surface area contributed by atoms with Crippen LogP contribution in [0.4, 0.5) is 23.7 Å². The van der Waals surface area contributed by atoms with E-state index in [2.05, 4.69) is 9.80 Å². The molecule has 2 aromatic rings. The van der Waals surface area contributed by atoms with Gasteiger partial charge in [-0.05, 0) is 37.6 Å². The van der Waals surface area contributed by atoms with Crippen LogP contribution < -0.4 is 4.90 Å². The summed E-state index contributed by atoms with van der Waals surface area (Å²) in [7, 11) is 0. The third kappa shape index (κ3) is 5.67. The number of rotatable bonds is 6. The van der Waals surface area contributed by atoms with Crippen molar-refractivity contribution in [3.05, 3.63) is 65.2 Å². The van der Waals surface area contributed by atoms with Gasteiger partial charge in [-0.25, -0.2) is 9.69 Å². The number of ether oxygens (including phenoxy) is 2. The Balaban J connectivity index is 1.07. The number of carbonyl (C=O) groups is 3. The van der Waals surface area contributed by atoms with Crippen LogP contribution in [0.2, 0.25) is 0 Å². The number of hydrogen-bond donors (Lipinski definition) is 0. The zero-order chi connectivity index (χ0) is 32.1. The second-order valence-corrected chi connectivity index (χ2v) is 12.6. The van der Waals surface area contributed by atoms with E-state index >= 15 is 0 Å². The normalized spacial score (nSPS) is 28.7. The largest absolute Gasteiger partial charge is 0.445 e. The van der Waals surface area contributed by atoms with Crippen LogP contribution in [-0.2, 0) is 31.8 Å². The van der Waals surface area contributed by atoms with Crippen LogP contribution in [0.1, 0.15) is 30.5 Å². The minimum atomic E-state index is -4.82. The zero-order valence-electron chi connectivity index (χ0n) is 25.0. The first-order chi connectivity index (χ1) is 21.3. The number of amides is 3. The fraction of sp³-hybridized carbons (Fsp3) is 0.500. The summed E-state index contributed by atoms with van der Waals surface area (Å²) >= 11 is 0. The van der Waals surface area contributed by atoms with Crippen LogP contribution in [0.15, 0.2) is 48.5 Å². The van der Waals surface area contributed by atoms with Gasteiger partial charge in [-0.1, -0.05) is 30.3 Å². The molecule has 0 aliphatic carbocycles. The smallest absolute Gasteiger partial charge is 0.417 e. The van der Waals surface area contributed by atoms with E-state index in [1.54, 1.807) is 18.7 Å². The highest BCUT2D eigenvalue weighted by Gasteiger charge is 2.71. The molecule has 0 spiro atoms. The standard InChI is InChI=1S/C32H34F3N5O5/c1-30-19-38(11-10-37-12-14-39(15-13-37)29(43)44-18-21-6-4-3-5-7-21)20-31(2,45-30)26-25(30)27(41)40(28(26)42)23-9-8-22(17-36)24(16-23)32(33,34)35/h3-9,16,25-26H,10-15,18-20H2,1-2H3. The molecular formula is C32H34F3N5O5. The molecule has 0 saturated carbocycles. The molecule has 3 amide bonds. The summed E-state index contributed by atoms with van der Waals surface area (Å²) in [6.45, 7) is 8.38. The van der Waals surface area contributed by atoms with Crippen LogP contribution in [0.3, 0.4) is 0 Å². The number of piperazine rings is 1. The molecule has 4 aliphatic heterocycles. The molecule has 2 bridgehead atoms. The van der Waals surface area contributed by atoms with Gasteiger partial charge in [0.05, 0.1) is 45.9 Å². The fourth-order valence-electron chi connectivity index (χ4n) is 7.43. The van der Waals surface area contributed by atoms with Gasteiger partial charge in [0.2, 0.25) is 11.8 Å². The Morgan fingerprint density at radius 2 is 1.56 bits per heavy atom. The van der Waals surface area contributed by atoms with E-state index in [0.717, 1.165) is 16.5 Å². The van der Waals surface area contributed by atoms with Crippen LogP contribution in [-0.4, -0.2) is 96.2 Å². The Morgan fingerprint density at radius 3 is 2.13 bits per heavy atom. The van der Waals surface area contributed by atoms with E-state index < -0.39 is 52.2 Å². The number of nitriles is 1. The Hall–Kier alpha value is -3.99. The van der Waals surface area contributed by atoms with Gasteiger partial charge in [0.15, 0.2) is 0 Å². The number of carbonyl (C=O) groups excluding carboxylic acids is 3. The second kappa shape index (κ2) is 11.4. The van der Waals surface area contributed by atoms with Crippen molar-refractivity contribution in [1.82, 2.24) is 14.7 Å². The van der Waals surface area contributed by atoms with Gasteiger partial charge in [0.25, 0.3) is 0 Å². The highest BCUT2D eigenvalue weighted by Crippen LogP contribution is 2.55. The maximum Gasteiger partial charge on any atom is 0.417 e. The predicted octanol–water partition coefficient (Wildman–Crippen LogP) is 3.50. The minimum Gasteiger partial charge on any atom is -0.445 e. The highest BCUT2D eigenvalue weighted by atomic mass is 19.4. The van der Waals surface area contributed by atoms with Crippen LogP contribution >= 0.6 is 0 Å². The molecule has 4 saturated heterocycles. The molecule has 0 N–H and O–H groups in total. The number of nitrogens with zero attached hydrogens (tertiary/aromatic N) is 5. The minimum absolute atomic E-state index is 0.198. The van der Waals surface area contributed by atoms with Gasteiger partial charge < -0.3 is 14.4 Å². The maximum atomic E-state index is 13.7. The molecule has 4 heterocycles. The number of hydrogen-bond acceptors (Lipinski definition) is 8. The highest BCUT2D eigenvalue weighted by molar-refractivity contribution is 6.23. The van der Waals surface area contributed by atoms with Crippen molar-refractivity contribution < 1.29 is 37.0 Å². The molecule has 4 aliphatic rings. The van der Waals surface area contributed by atoms with Crippen molar-refractivity contribution >= 4 is 23.6 Å². The molecule has 4 unspecified atom stereocenters. The number of alkyl halides is 3. The van der Waals surface area contributed by atoms with Gasteiger partial charge in [0.1, 0.15) is 6.61 Å². The number of halogens is 3. The third-order valence-electron chi connectivity index (χ3n) is 9.42. The molecule has 13 heteroatoms. The number of imide groups is 1. The summed E-state index contributed by atoms with van der Waals surface area (Å²) in [6, 6.07) is 13.9. The van der Waals surface area contributed by atoms with Crippen molar-refractivity contribution in [3.8, 4) is 6.07 Å². The van der Waals surface area contributed by atoms with E-state index in [-0.39, 0.29) is 18.4 Å². The van der Waals surface area contributed by atoms with Gasteiger partial charge in [0, 0.05) is 52.4 Å². The van der Waals surface area contributed by atoms with Gasteiger partial charge in [-0.15, -0.1) is 0 Å². The van der Waals surface area contributed by atoms with Gasteiger partial charge in [-0.2, -0.15) is 18.4 Å². The molecule has 4 atom stereocenters. The predicted molar refractivity (Wildman–Crippen MR) is 155 cm³/mol. The summed E-state index contributed by atoms with van der Waals surface area (Å²) in [6.07, 6.45) is -5.16. The average molecular weight is 626 g/mol. The van der Waals surface area contributed by atoms with Crippen molar-refractivity contribution in [3.63, 3.8) is 0 Å². The average Bonchev–Trinajstić information content (AvgIpc) is 3.38. The molecule has 10 nitrogen and oxygen atoms in total. The summed E-state index contributed by atoms with van der Waals surface area (Å²) < 4.78 is 52.8. The molecule has 6 rings (SSSR count). The number of anilines is 1. The maximum absolute atomic E-state index is 13.7. The Bertz CT molecular complexity index is 1500. The fourth-order valence-corrected chi connectivity index (χ4v) is 7.43. The first-order valence-corrected chi connectivity index (χ1v) is 14.9. The molecule has 238 valence electrons. The lowest BCUT2D eigenvalue weighted by Gasteiger charge is -2.45. The lowest BCUT2D eigenvalue weighted by atomic mass is 9.79. The molecule has 4 fully saturated rings. The quantitative estimate of drug-likeness (QED) is 0.450. The number of morpholine rings is 1. The number of likely N-dealkylation sites (tertiary alicyclic amines) is 1. The zero-order valence-corrected chi connectivity index (χ0v) is 25.0. The number of fused-ring (bicyclic) bond motifs is 5. The summed E-state index contributed by atoms with van der Waals surface area (Å²) in [5.41, 5.74) is -3.07. The van der Waals surface area contributed by atoms with Crippen molar-refractivity contribution in [2.45, 2.75) is 37.8 Å². The molecule has 45 heavy (non-hydrogen) atoms. The molecule has 0 aromatic heterocycles. The monoisotopic (exact) mass is 625 g/mol. The van der Waals surface area contributed by atoms with Crippen LogP contribution in [0.25, 0.3) is 0 Å². The molecular weight excluding hydrogens is 591 g/mol. The van der Waals surface area contributed by atoms with Crippen LogP contribution in [0, 0.1) is 23.2 Å². The number of benzene rings is 2. The lowest BCUT2D eigenvalue weighted by Crippen LogP contribution is -2.59. The van der Waals surface area contributed by atoms with Crippen LogP contribution in [0.5, 0.6) is 0 Å². The van der Waals surface area contributed by atoms with E-state index in [1.165, 1.54) is 12.1 Å². The third-order valence-corrected chi connectivity index (χ3v) is 9.42. The van der Waals surface area contributed by atoms with Gasteiger partial charge in [-0.3, -0.25) is 19.4 Å². The Labute approximate surface area is 258 Å².